The van der Waals surface area contributed by atoms with Crippen LogP contribution in [0.2, 0.25) is 0 Å². The van der Waals surface area contributed by atoms with E-state index in [0.29, 0.717) is 40.5 Å². The summed E-state index contributed by atoms with van der Waals surface area (Å²) in [6.45, 7) is 7.25. The number of phenols is 2. The zero-order chi connectivity index (χ0) is 31.6. The van der Waals surface area contributed by atoms with Crippen molar-refractivity contribution in [3.05, 3.63) is 39.1 Å². The van der Waals surface area contributed by atoms with Crippen LogP contribution in [0, 0.1) is 25.2 Å². The summed E-state index contributed by atoms with van der Waals surface area (Å²) < 4.78 is 29.2. The Balaban J connectivity index is 1.69. The SMILES string of the molecule is CCCCOC[C@H]1c2c(c(OC(C)=O)c(C)c3c2OCO3)C=C2[C@H]3c4c(O)c(OC)c(C)c(O)c4C(=O)[C@H]([C@H](C#N)N21)N3C. The highest BCUT2D eigenvalue weighted by Gasteiger charge is 2.57. The summed E-state index contributed by atoms with van der Waals surface area (Å²) in [6.07, 6.45) is 3.54. The Kier molecular flexibility index (Phi) is 7.34. The van der Waals surface area contributed by atoms with Gasteiger partial charge in [-0.05, 0) is 33.4 Å². The van der Waals surface area contributed by atoms with Crippen molar-refractivity contribution in [3.63, 3.8) is 0 Å². The molecule has 6 rings (SSSR count). The molecule has 0 aliphatic carbocycles. The molecular formula is C32H35N3O9. The van der Waals surface area contributed by atoms with Crippen molar-refractivity contribution in [2.24, 2.45) is 0 Å². The van der Waals surface area contributed by atoms with Crippen molar-refractivity contribution in [2.75, 3.05) is 34.2 Å². The average molecular weight is 606 g/mol. The fourth-order valence-corrected chi connectivity index (χ4v) is 7.09. The smallest absolute Gasteiger partial charge is 0.308 e. The number of carbonyl (C=O) groups is 2. The highest BCUT2D eigenvalue weighted by molar-refractivity contribution is 6.07. The van der Waals surface area contributed by atoms with E-state index in [4.69, 9.17) is 23.7 Å². The van der Waals surface area contributed by atoms with E-state index in [0.717, 1.165) is 12.8 Å². The number of nitrogens with zero attached hydrogens (tertiary/aromatic N) is 3. The Labute approximate surface area is 254 Å². The molecule has 4 aliphatic heterocycles. The largest absolute Gasteiger partial charge is 0.507 e. The summed E-state index contributed by atoms with van der Waals surface area (Å²) in [6, 6.07) is -1.11. The van der Waals surface area contributed by atoms with Crippen molar-refractivity contribution in [2.45, 2.75) is 64.7 Å². The molecule has 12 heteroatoms. The standard InChI is InChI=1S/C32H35N3O9/c1-7-8-9-41-12-20-21-17(29(44-16(4)36)15(3)31-32(21)43-13-42-31)10-18-24-22-23(26(37)14(2)30(40-6)28(22)39)27(38)25(34(24)5)19(11-33)35(18)20/h10,19-20,24-25,37,39H,7-9,12-13H2,1-6H3/t19-,20-,24-,25-/m0/s1. The van der Waals surface area contributed by atoms with Gasteiger partial charge in [-0.15, -0.1) is 0 Å². The normalized spacial score (nSPS) is 22.9. The van der Waals surface area contributed by atoms with Gasteiger partial charge in [0.1, 0.15) is 23.6 Å². The summed E-state index contributed by atoms with van der Waals surface area (Å²) in [5.74, 6) is -0.385. The number of benzene rings is 2. The van der Waals surface area contributed by atoms with Crippen LogP contribution in [0.4, 0.5) is 0 Å². The molecule has 0 saturated carbocycles. The molecule has 0 unspecified atom stereocenters. The van der Waals surface area contributed by atoms with Crippen LogP contribution >= 0.6 is 0 Å². The topological polar surface area (TPSA) is 151 Å². The Bertz CT molecular complexity index is 1660. The lowest BCUT2D eigenvalue weighted by atomic mass is 9.74. The number of methoxy groups -OCH3 is 1. The predicted molar refractivity (Wildman–Crippen MR) is 156 cm³/mol. The van der Waals surface area contributed by atoms with Gasteiger partial charge in [0.15, 0.2) is 28.8 Å². The number of nitriles is 1. The molecule has 12 nitrogen and oxygen atoms in total. The minimum Gasteiger partial charge on any atom is -0.507 e. The first-order chi connectivity index (χ1) is 21.1. The number of ketones is 1. The number of fused-ring (bicyclic) bond motifs is 9. The number of phenolic OH excluding ortho intramolecular Hbond substituents is 2. The van der Waals surface area contributed by atoms with E-state index < -0.39 is 35.9 Å². The van der Waals surface area contributed by atoms with Crippen LogP contribution in [0.1, 0.15) is 76.9 Å². The van der Waals surface area contributed by atoms with Gasteiger partial charge in [-0.25, -0.2) is 0 Å². The van der Waals surface area contributed by atoms with E-state index in [9.17, 15) is 25.1 Å². The van der Waals surface area contributed by atoms with E-state index in [1.807, 2.05) is 4.90 Å². The van der Waals surface area contributed by atoms with E-state index >= 15 is 0 Å². The van der Waals surface area contributed by atoms with Gasteiger partial charge in [-0.3, -0.25) is 14.5 Å². The minimum absolute atomic E-state index is 0.0417. The van der Waals surface area contributed by atoms with Crippen molar-refractivity contribution < 1.29 is 43.5 Å². The molecule has 2 aromatic rings. The second-order valence-corrected chi connectivity index (χ2v) is 11.5. The quantitative estimate of drug-likeness (QED) is 0.203. The summed E-state index contributed by atoms with van der Waals surface area (Å²) in [7, 11) is 3.09. The summed E-state index contributed by atoms with van der Waals surface area (Å²) in [5.41, 5.74) is 2.62. The molecule has 2 aromatic carbocycles. The zero-order valence-corrected chi connectivity index (χ0v) is 25.5. The van der Waals surface area contributed by atoms with Gasteiger partial charge in [0.05, 0.1) is 37.4 Å². The lowest BCUT2D eigenvalue weighted by Crippen LogP contribution is -2.64. The second kappa shape index (κ2) is 10.9. The number of aromatic hydroxyl groups is 2. The molecule has 4 aliphatic rings. The number of rotatable bonds is 7. The first kappa shape index (κ1) is 29.6. The van der Waals surface area contributed by atoms with Crippen LogP contribution < -0.4 is 18.9 Å². The molecular weight excluding hydrogens is 570 g/mol. The van der Waals surface area contributed by atoms with Crippen LogP contribution in [0.5, 0.6) is 34.5 Å². The van der Waals surface area contributed by atoms with Gasteiger partial charge in [0, 0.05) is 47.0 Å². The molecule has 1 fully saturated rings. The number of piperazine rings is 1. The first-order valence-corrected chi connectivity index (χ1v) is 14.6. The number of unbranched alkanes of at least 4 members (excludes halogenated alkanes) is 1. The van der Waals surface area contributed by atoms with Crippen LogP contribution in [0.3, 0.4) is 0 Å². The van der Waals surface area contributed by atoms with E-state index in [1.165, 1.54) is 14.0 Å². The number of ether oxygens (including phenoxy) is 5. The molecule has 0 spiro atoms. The van der Waals surface area contributed by atoms with Gasteiger partial charge in [-0.2, -0.15) is 5.26 Å². The molecule has 2 bridgehead atoms. The van der Waals surface area contributed by atoms with E-state index in [2.05, 4.69) is 13.0 Å². The average Bonchev–Trinajstić information content (AvgIpc) is 3.48. The third kappa shape index (κ3) is 4.03. The number of Topliss-reactive ketones (excluding diaryl/α,β-unsaturated/α-hetero) is 1. The summed E-state index contributed by atoms with van der Waals surface area (Å²) >= 11 is 0. The van der Waals surface area contributed by atoms with Gasteiger partial charge >= 0.3 is 5.97 Å². The van der Waals surface area contributed by atoms with Crippen molar-refractivity contribution in [1.82, 2.24) is 9.80 Å². The van der Waals surface area contributed by atoms with Gasteiger partial charge in [0.25, 0.3) is 0 Å². The first-order valence-electron chi connectivity index (χ1n) is 14.6. The second-order valence-electron chi connectivity index (χ2n) is 11.5. The minimum atomic E-state index is -1.02. The van der Waals surface area contributed by atoms with Gasteiger partial charge < -0.3 is 38.8 Å². The fraction of sp³-hybridized carbons (Fsp3) is 0.469. The third-order valence-corrected chi connectivity index (χ3v) is 9.02. The van der Waals surface area contributed by atoms with Gasteiger partial charge in [-0.1, -0.05) is 13.3 Å². The lowest BCUT2D eigenvalue weighted by molar-refractivity contribution is -0.131. The Morgan fingerprint density at radius 2 is 1.86 bits per heavy atom. The molecule has 2 N–H and O–H groups in total. The molecule has 0 radical (unpaired) electrons. The Morgan fingerprint density at radius 1 is 1.14 bits per heavy atom. The van der Waals surface area contributed by atoms with Crippen molar-refractivity contribution in [3.8, 4) is 40.6 Å². The molecule has 4 atom stereocenters. The van der Waals surface area contributed by atoms with Crippen molar-refractivity contribution in [1.29, 1.82) is 5.26 Å². The number of hydrogen-bond acceptors (Lipinski definition) is 12. The molecule has 0 amide bonds. The molecule has 1 saturated heterocycles. The third-order valence-electron chi connectivity index (χ3n) is 9.02. The van der Waals surface area contributed by atoms with Gasteiger partial charge in [0.2, 0.25) is 6.79 Å². The Hall–Kier alpha value is -4.47. The summed E-state index contributed by atoms with van der Waals surface area (Å²) in [5, 5.41) is 33.5. The van der Waals surface area contributed by atoms with Crippen molar-refractivity contribution >= 4 is 17.8 Å². The zero-order valence-electron chi connectivity index (χ0n) is 25.5. The molecule has 44 heavy (non-hydrogen) atoms. The monoisotopic (exact) mass is 605 g/mol. The van der Waals surface area contributed by atoms with Crippen LogP contribution in [0.25, 0.3) is 6.08 Å². The maximum absolute atomic E-state index is 14.2. The Morgan fingerprint density at radius 3 is 2.52 bits per heavy atom. The maximum atomic E-state index is 14.2. The molecule has 232 valence electrons. The highest BCUT2D eigenvalue weighted by Crippen LogP contribution is 2.60. The summed E-state index contributed by atoms with van der Waals surface area (Å²) in [4.78, 5) is 30.1. The predicted octanol–water partition coefficient (Wildman–Crippen LogP) is 4.04. The highest BCUT2D eigenvalue weighted by atomic mass is 16.7. The van der Waals surface area contributed by atoms with Crippen LogP contribution in [-0.2, 0) is 9.53 Å². The number of hydrogen-bond donors (Lipinski definition) is 2. The number of esters is 1. The molecule has 4 heterocycles. The van der Waals surface area contributed by atoms with E-state index in [-0.39, 0.29) is 53.1 Å². The lowest BCUT2D eigenvalue weighted by Gasteiger charge is -2.56. The molecule has 0 aromatic heterocycles. The number of carbonyl (C=O) groups excluding carboxylic acids is 2. The van der Waals surface area contributed by atoms with E-state index in [1.54, 1.807) is 31.9 Å². The number of likely N-dealkylation sites (N-methyl/N-ethyl adjacent to an activating group) is 1. The maximum Gasteiger partial charge on any atom is 0.308 e. The fourth-order valence-electron chi connectivity index (χ4n) is 7.09. The van der Waals surface area contributed by atoms with Crippen LogP contribution in [0.15, 0.2) is 5.70 Å². The van der Waals surface area contributed by atoms with Crippen LogP contribution in [-0.4, -0.2) is 78.0 Å².